The van der Waals surface area contributed by atoms with Crippen molar-refractivity contribution in [1.29, 1.82) is 0 Å². The number of benzene rings is 3. The fraction of sp³-hybridized carbons (Fsp3) is 0.349. The van der Waals surface area contributed by atoms with Crippen LogP contribution >= 0.6 is 34.9 Å². The molecule has 2 N–H and O–H groups in total. The van der Waals surface area contributed by atoms with Crippen LogP contribution in [0.2, 0.25) is 0 Å². The van der Waals surface area contributed by atoms with E-state index in [0.29, 0.717) is 33.7 Å². The average Bonchev–Trinajstić information content (AvgIpc) is 3.83. The van der Waals surface area contributed by atoms with Gasteiger partial charge in [-0.05, 0) is 62.6 Å². The number of allylic oxidation sites excluding steroid dienone is 1. The van der Waals surface area contributed by atoms with Crippen molar-refractivity contribution in [2.45, 2.75) is 81.5 Å². The molecule has 0 saturated carbocycles. The summed E-state index contributed by atoms with van der Waals surface area (Å²) in [5.74, 6) is -1.42. The van der Waals surface area contributed by atoms with Crippen LogP contribution in [0.25, 0.3) is 0 Å². The molecule has 1 aromatic heterocycles. The zero-order valence-corrected chi connectivity index (χ0v) is 34.3. The third-order valence-electron chi connectivity index (χ3n) is 9.06. The van der Waals surface area contributed by atoms with Crippen molar-refractivity contribution in [2.24, 2.45) is 4.99 Å². The van der Waals surface area contributed by atoms with Crippen LogP contribution in [0, 0.1) is 0 Å². The summed E-state index contributed by atoms with van der Waals surface area (Å²) in [7, 11) is 0. The van der Waals surface area contributed by atoms with Crippen LogP contribution < -0.4 is 10.6 Å². The minimum Gasteiger partial charge on any atom is -0.460 e. The van der Waals surface area contributed by atoms with Gasteiger partial charge in [-0.25, -0.2) is 9.78 Å². The number of thioether (sulfide) groups is 2. The quantitative estimate of drug-likeness (QED) is 0.0737. The zero-order valence-electron chi connectivity index (χ0n) is 31.9. The molecule has 2 amide bonds. The number of rotatable bonds is 10. The largest absolute Gasteiger partial charge is 0.460 e. The van der Waals surface area contributed by atoms with Gasteiger partial charge < -0.3 is 20.1 Å². The van der Waals surface area contributed by atoms with E-state index in [-0.39, 0.29) is 18.9 Å². The van der Waals surface area contributed by atoms with Gasteiger partial charge in [-0.15, -0.1) is 34.9 Å². The van der Waals surface area contributed by atoms with E-state index in [4.69, 9.17) is 9.47 Å². The predicted molar refractivity (Wildman–Crippen MR) is 224 cm³/mol. The highest BCUT2D eigenvalue weighted by Gasteiger charge is 2.42. The lowest BCUT2D eigenvalue weighted by Crippen LogP contribution is -2.52. The summed E-state index contributed by atoms with van der Waals surface area (Å²) in [5.41, 5.74) is 2.02. The zero-order chi connectivity index (χ0) is 39.8. The van der Waals surface area contributed by atoms with Gasteiger partial charge >= 0.3 is 11.9 Å². The number of cyclic esters (lactones) is 1. The van der Waals surface area contributed by atoms with Crippen LogP contribution in [0.3, 0.4) is 0 Å². The highest BCUT2D eigenvalue weighted by atomic mass is 32.2. The standard InChI is InChI=1S/C43H46N4O6S3/c1-41(2,3)53-37(49)25-33-39(50)52-32(24-35(48)44-26-36-45-34(27-54-36)38-47-42(4,28-55-38)40(51)46-33)22-14-15-23-56-43(29-16-8-5-9-17-29,30-18-10-6-11-19-30)31-20-12-7-13-21-31/h5-14,16-22,27,32-33H,15,23-26,28H2,1-4H3,(H,44,48)(H,46,51)/b22-14+/t32-,33+,42+/m1/s1. The first-order valence-electron chi connectivity index (χ1n) is 18.5. The number of fused-ring (bicyclic) bond motifs is 4. The number of aromatic nitrogens is 1. The molecule has 2 aliphatic heterocycles. The molecule has 0 unspecified atom stereocenters. The highest BCUT2D eigenvalue weighted by molar-refractivity contribution is 8.14. The molecule has 2 aliphatic rings. The molecular formula is C43H46N4O6S3. The topological polar surface area (TPSA) is 136 Å². The molecule has 4 aromatic rings. The number of hydrogen-bond donors (Lipinski definition) is 2. The first kappa shape index (κ1) is 40.9. The number of carbonyl (C=O) groups is 4. The number of hydrogen-bond acceptors (Lipinski definition) is 11. The number of aliphatic imine (C=N–C) groups is 1. The van der Waals surface area contributed by atoms with Gasteiger partial charge in [0.15, 0.2) is 0 Å². The van der Waals surface area contributed by atoms with Gasteiger partial charge in [0.05, 0.1) is 24.1 Å². The molecule has 3 heterocycles. The molecule has 0 spiro atoms. The van der Waals surface area contributed by atoms with Crippen molar-refractivity contribution in [2.75, 3.05) is 11.5 Å². The number of ether oxygens (including phenoxy) is 2. The fourth-order valence-electron chi connectivity index (χ4n) is 6.40. The second-order valence-corrected chi connectivity index (χ2v) is 17.9. The summed E-state index contributed by atoms with van der Waals surface area (Å²) in [5, 5.41) is 8.74. The lowest BCUT2D eigenvalue weighted by atomic mass is 9.84. The number of nitrogens with zero attached hydrogens (tertiary/aromatic N) is 2. The Bertz CT molecular complexity index is 1970. The number of amides is 2. The summed E-state index contributed by atoms with van der Waals surface area (Å²) in [6, 6.07) is 29.9. The molecule has 56 heavy (non-hydrogen) atoms. The summed E-state index contributed by atoms with van der Waals surface area (Å²) < 4.78 is 10.9. The van der Waals surface area contributed by atoms with Gasteiger partial charge in [0, 0.05) is 11.1 Å². The van der Waals surface area contributed by atoms with E-state index in [0.717, 1.165) is 16.7 Å². The normalized spacial score (nSPS) is 20.9. The molecule has 0 aliphatic carbocycles. The van der Waals surface area contributed by atoms with Gasteiger partial charge in [0.1, 0.15) is 39.0 Å². The van der Waals surface area contributed by atoms with Crippen LogP contribution in [0.1, 0.15) is 74.3 Å². The molecule has 3 atom stereocenters. The molecule has 0 saturated heterocycles. The minimum atomic E-state index is -1.38. The molecule has 4 bridgehead atoms. The molecule has 6 rings (SSSR count). The van der Waals surface area contributed by atoms with Gasteiger partial charge in [0.2, 0.25) is 11.8 Å². The Morgan fingerprint density at radius 3 is 2.16 bits per heavy atom. The molecule has 3 aromatic carbocycles. The summed E-state index contributed by atoms with van der Waals surface area (Å²) in [6.07, 6.45) is 2.57. The third kappa shape index (κ3) is 10.2. The van der Waals surface area contributed by atoms with Crippen LogP contribution in [0.15, 0.2) is 114 Å². The summed E-state index contributed by atoms with van der Waals surface area (Å²) >= 11 is 4.56. The maximum Gasteiger partial charge on any atom is 0.329 e. The molecule has 292 valence electrons. The van der Waals surface area contributed by atoms with Crippen molar-refractivity contribution in [1.82, 2.24) is 15.6 Å². The van der Waals surface area contributed by atoms with E-state index < -0.39 is 52.3 Å². The second-order valence-electron chi connectivity index (χ2n) is 14.7. The Kier molecular flexibility index (Phi) is 13.2. The van der Waals surface area contributed by atoms with Gasteiger partial charge in [-0.3, -0.25) is 19.4 Å². The molecule has 0 fully saturated rings. The fourth-order valence-corrected chi connectivity index (χ4v) is 9.79. The number of carbonyl (C=O) groups excluding carboxylic acids is 4. The lowest BCUT2D eigenvalue weighted by molar-refractivity contribution is -0.162. The number of thiazole rings is 1. The molecule has 13 heteroatoms. The Hall–Kier alpha value is -4.72. The SMILES string of the molecule is CC(C)(C)OC(=O)C[C@@H]1NC(=O)[C@]2(C)CSC(=N2)c2csc(n2)CNC(=O)C[C@@H](/C=C/CCSC(c2ccccc2)(c2ccccc2)c2ccccc2)OC1=O. The minimum absolute atomic E-state index is 0.178. The Balaban J connectivity index is 1.25. The van der Waals surface area contributed by atoms with Crippen LogP contribution in [0.5, 0.6) is 0 Å². The Morgan fingerprint density at radius 2 is 1.57 bits per heavy atom. The second kappa shape index (κ2) is 18.0. The van der Waals surface area contributed by atoms with Gasteiger partial charge in [-0.2, -0.15) is 0 Å². The van der Waals surface area contributed by atoms with Crippen molar-refractivity contribution >= 4 is 63.7 Å². The highest BCUT2D eigenvalue weighted by Crippen LogP contribution is 2.48. The first-order valence-corrected chi connectivity index (χ1v) is 21.3. The first-order chi connectivity index (χ1) is 26.8. The van der Waals surface area contributed by atoms with E-state index in [2.05, 4.69) is 93.4 Å². The van der Waals surface area contributed by atoms with Crippen molar-refractivity contribution in [3.63, 3.8) is 0 Å². The maximum absolute atomic E-state index is 13.9. The van der Waals surface area contributed by atoms with Crippen molar-refractivity contribution in [3.05, 3.63) is 136 Å². The smallest absolute Gasteiger partial charge is 0.329 e. The number of esters is 2. The van der Waals surface area contributed by atoms with Gasteiger partial charge in [0.25, 0.3) is 0 Å². The van der Waals surface area contributed by atoms with Crippen LogP contribution in [-0.4, -0.2) is 68.6 Å². The third-order valence-corrected chi connectivity index (χ3v) is 12.8. The van der Waals surface area contributed by atoms with Crippen LogP contribution in [-0.2, 0) is 39.9 Å². The molecule has 0 radical (unpaired) electrons. The van der Waals surface area contributed by atoms with E-state index in [1.54, 1.807) is 45.5 Å². The van der Waals surface area contributed by atoms with E-state index in [9.17, 15) is 19.2 Å². The van der Waals surface area contributed by atoms with E-state index in [1.165, 1.54) is 23.1 Å². The van der Waals surface area contributed by atoms with Crippen molar-refractivity contribution < 1.29 is 28.7 Å². The van der Waals surface area contributed by atoms with E-state index in [1.807, 2.05) is 29.7 Å². The van der Waals surface area contributed by atoms with Gasteiger partial charge in [-0.1, -0.05) is 97.1 Å². The lowest BCUT2D eigenvalue weighted by Gasteiger charge is -2.35. The molecular weight excluding hydrogens is 765 g/mol. The summed E-state index contributed by atoms with van der Waals surface area (Å²) in [4.78, 5) is 63.3. The Morgan fingerprint density at radius 1 is 0.964 bits per heavy atom. The molecule has 10 nitrogen and oxygen atoms in total. The summed E-state index contributed by atoms with van der Waals surface area (Å²) in [6.45, 7) is 7.03. The van der Waals surface area contributed by atoms with Crippen LogP contribution in [0.4, 0.5) is 0 Å². The predicted octanol–water partition coefficient (Wildman–Crippen LogP) is 7.22. The maximum atomic E-state index is 13.9. The Labute approximate surface area is 340 Å². The number of nitrogens with one attached hydrogen (secondary N) is 2. The van der Waals surface area contributed by atoms with Crippen molar-refractivity contribution in [3.8, 4) is 0 Å². The van der Waals surface area contributed by atoms with E-state index >= 15 is 0 Å². The monoisotopic (exact) mass is 810 g/mol. The average molecular weight is 811 g/mol.